The van der Waals surface area contributed by atoms with Crippen LogP contribution in [0.4, 0.5) is 5.69 Å². The quantitative estimate of drug-likeness (QED) is 0.466. The first-order valence-corrected chi connectivity index (χ1v) is 12.3. The number of rotatable bonds is 3. The molecule has 0 saturated carbocycles. The molecule has 4 nitrogen and oxygen atoms in total. The molecule has 1 saturated heterocycles. The van der Waals surface area contributed by atoms with Crippen molar-refractivity contribution in [3.05, 3.63) is 59.1 Å². The molecule has 1 aliphatic heterocycles. The van der Waals surface area contributed by atoms with Gasteiger partial charge in [-0.05, 0) is 36.8 Å². The van der Waals surface area contributed by atoms with Crippen LogP contribution in [-0.4, -0.2) is 41.2 Å². The van der Waals surface area contributed by atoms with E-state index in [0.29, 0.717) is 23.3 Å². The topological polar surface area (TPSA) is 36.9 Å². The lowest BCUT2D eigenvalue weighted by Gasteiger charge is -2.46. The van der Waals surface area contributed by atoms with E-state index in [1.54, 1.807) is 0 Å². The van der Waals surface area contributed by atoms with Crippen molar-refractivity contribution in [2.75, 3.05) is 31.6 Å². The molecular weight excluding hydrogens is 421 g/mol. The molecule has 1 heterocycles. The maximum absolute atomic E-state index is 6.29. The van der Waals surface area contributed by atoms with Crippen LogP contribution in [0.25, 0.3) is 0 Å². The number of anilines is 1. The number of nitrogens with one attached hydrogen (secondary N) is 1. The van der Waals surface area contributed by atoms with Gasteiger partial charge >= 0.3 is 0 Å². The third kappa shape index (κ3) is 4.92. The molecule has 0 amide bonds. The highest BCUT2D eigenvalue weighted by molar-refractivity contribution is 7.82. The summed E-state index contributed by atoms with van der Waals surface area (Å²) >= 11 is 12.0. The van der Waals surface area contributed by atoms with Crippen molar-refractivity contribution >= 4 is 47.1 Å². The van der Waals surface area contributed by atoms with Gasteiger partial charge in [0.25, 0.3) is 0 Å². The predicted octanol–water partition coefficient (Wildman–Crippen LogP) is 5.92. The Labute approximate surface area is 184 Å². The van der Waals surface area contributed by atoms with Gasteiger partial charge in [-0.25, -0.2) is 4.74 Å². The minimum absolute atomic E-state index is 0.0949. The van der Waals surface area contributed by atoms with E-state index in [2.05, 4.69) is 55.0 Å². The molecule has 0 unspecified atom stereocenters. The summed E-state index contributed by atoms with van der Waals surface area (Å²) in [4.78, 5) is 0. The van der Waals surface area contributed by atoms with Crippen molar-refractivity contribution in [1.82, 2.24) is 4.67 Å². The molecule has 0 bridgehead atoms. The van der Waals surface area contributed by atoms with Crippen molar-refractivity contribution in [3.8, 4) is 0 Å². The highest BCUT2D eigenvalue weighted by atomic mass is 35.5. The summed E-state index contributed by atoms with van der Waals surface area (Å²) in [6.07, 6.45) is 0. The summed E-state index contributed by atoms with van der Waals surface area (Å²) in [6, 6.07) is 16.4. The molecular formula is C22H29ClN3OPS. The second kappa shape index (κ2) is 9.28. The summed E-state index contributed by atoms with van der Waals surface area (Å²) in [5.41, 5.74) is 1.89. The smallest absolute Gasteiger partial charge is 0.197 e. The van der Waals surface area contributed by atoms with Crippen molar-refractivity contribution in [1.29, 1.82) is 0 Å². The molecule has 0 spiro atoms. The Hall–Kier alpha value is -1.23. The van der Waals surface area contributed by atoms with Gasteiger partial charge in [-0.2, -0.15) is 0 Å². The molecule has 0 radical (unpaired) electrons. The molecule has 1 fully saturated rings. The van der Waals surface area contributed by atoms with E-state index in [1.165, 1.54) is 5.30 Å². The van der Waals surface area contributed by atoms with Crippen LogP contribution in [0.5, 0.6) is 0 Å². The molecule has 2 aromatic carbocycles. The standard InChI is InChI=1S/C22H29ClN3OPS/c1-17-10-11-18(16-20(17)23)24-21(29)25-28(22(2,3)4,19-8-6-5-7-9-19)26-12-14-27-15-13-26/h5-11,16H,12-15H2,1-4H3,(H,24,29)/t28-/m1/s1. The summed E-state index contributed by atoms with van der Waals surface area (Å²) < 4.78 is 13.4. The molecule has 29 heavy (non-hydrogen) atoms. The van der Waals surface area contributed by atoms with Gasteiger partial charge in [0.05, 0.1) is 20.4 Å². The van der Waals surface area contributed by atoms with Gasteiger partial charge in [-0.3, -0.25) is 4.67 Å². The fourth-order valence-electron chi connectivity index (χ4n) is 3.68. The summed E-state index contributed by atoms with van der Waals surface area (Å²) in [5, 5.41) is 5.64. The first kappa shape index (κ1) is 22.5. The number of nitrogens with zero attached hydrogens (tertiary/aromatic N) is 2. The Morgan fingerprint density at radius 3 is 2.38 bits per heavy atom. The van der Waals surface area contributed by atoms with Gasteiger partial charge in [0.15, 0.2) is 5.11 Å². The number of thiocarbonyl (C=S) groups is 1. The Morgan fingerprint density at radius 2 is 1.79 bits per heavy atom. The Kier molecular flexibility index (Phi) is 7.19. The number of morpholine rings is 1. The third-order valence-corrected chi connectivity index (χ3v) is 10.4. The number of benzene rings is 2. The van der Waals surface area contributed by atoms with Crippen molar-refractivity contribution in [3.63, 3.8) is 0 Å². The number of aryl methyl sites for hydroxylation is 1. The van der Waals surface area contributed by atoms with E-state index in [9.17, 15) is 0 Å². The van der Waals surface area contributed by atoms with Crippen LogP contribution < -0.4 is 10.6 Å². The normalized spacial score (nSPS) is 17.4. The fraction of sp³-hybridized carbons (Fsp3) is 0.409. The average Bonchev–Trinajstić information content (AvgIpc) is 2.69. The molecule has 0 aliphatic carbocycles. The lowest BCUT2D eigenvalue weighted by atomic mass is 10.2. The summed E-state index contributed by atoms with van der Waals surface area (Å²) in [7, 11) is -2.18. The fourth-order valence-corrected chi connectivity index (χ4v) is 8.46. The SMILES string of the molecule is Cc1ccc(NC(=S)N=[P@](c2ccccc2)(N2CCOCC2)C(C)(C)C)cc1Cl. The minimum Gasteiger partial charge on any atom is -0.379 e. The van der Waals surface area contributed by atoms with Crippen LogP contribution in [0.15, 0.2) is 53.3 Å². The van der Waals surface area contributed by atoms with E-state index in [1.807, 2.05) is 31.2 Å². The highest BCUT2D eigenvalue weighted by Gasteiger charge is 2.41. The predicted molar refractivity (Wildman–Crippen MR) is 130 cm³/mol. The second-order valence-electron chi connectivity index (χ2n) is 8.17. The molecule has 2 aromatic rings. The Morgan fingerprint density at radius 1 is 1.14 bits per heavy atom. The molecule has 1 atom stereocenters. The van der Waals surface area contributed by atoms with Crippen molar-refractivity contribution in [2.24, 2.45) is 4.74 Å². The maximum atomic E-state index is 6.29. The summed E-state index contributed by atoms with van der Waals surface area (Å²) in [5.74, 6) is 0. The van der Waals surface area contributed by atoms with Gasteiger partial charge in [-0.15, -0.1) is 0 Å². The lowest BCUT2D eigenvalue weighted by molar-refractivity contribution is 0.0738. The Bertz CT molecular complexity index is 921. The number of halogens is 1. The van der Waals surface area contributed by atoms with Gasteiger partial charge in [0.1, 0.15) is 0 Å². The lowest BCUT2D eigenvalue weighted by Crippen LogP contribution is -2.43. The monoisotopic (exact) mass is 449 g/mol. The van der Waals surface area contributed by atoms with E-state index >= 15 is 0 Å². The maximum Gasteiger partial charge on any atom is 0.197 e. The number of hydrogen-bond acceptors (Lipinski definition) is 2. The molecule has 1 N–H and O–H groups in total. The van der Waals surface area contributed by atoms with Crippen molar-refractivity contribution in [2.45, 2.75) is 32.9 Å². The van der Waals surface area contributed by atoms with Crippen LogP contribution in [0.3, 0.4) is 0 Å². The second-order valence-corrected chi connectivity index (χ2v) is 12.8. The molecule has 0 aromatic heterocycles. The van der Waals surface area contributed by atoms with Gasteiger partial charge in [0, 0.05) is 34.3 Å². The first-order chi connectivity index (χ1) is 13.7. The van der Waals surface area contributed by atoms with Crippen LogP contribution in [0, 0.1) is 6.92 Å². The highest BCUT2D eigenvalue weighted by Crippen LogP contribution is 2.62. The largest absolute Gasteiger partial charge is 0.379 e. The minimum atomic E-state index is -2.18. The van der Waals surface area contributed by atoms with E-state index < -0.39 is 7.21 Å². The Balaban J connectivity index is 2.10. The van der Waals surface area contributed by atoms with Crippen LogP contribution >= 0.6 is 31.0 Å². The average molecular weight is 450 g/mol. The summed E-state index contributed by atoms with van der Waals surface area (Å²) in [6.45, 7) is 11.9. The van der Waals surface area contributed by atoms with Gasteiger partial charge < -0.3 is 10.1 Å². The zero-order valence-corrected chi connectivity index (χ0v) is 20.0. The number of hydrogen-bond donors (Lipinski definition) is 1. The first-order valence-electron chi connectivity index (χ1n) is 9.82. The molecule has 1 aliphatic rings. The van der Waals surface area contributed by atoms with Crippen LogP contribution in [0.2, 0.25) is 5.02 Å². The van der Waals surface area contributed by atoms with Gasteiger partial charge in [-0.1, -0.05) is 68.8 Å². The van der Waals surface area contributed by atoms with Crippen LogP contribution in [-0.2, 0) is 4.74 Å². The van der Waals surface area contributed by atoms with Crippen molar-refractivity contribution < 1.29 is 4.74 Å². The van der Waals surface area contributed by atoms with E-state index in [0.717, 1.165) is 24.3 Å². The molecule has 3 rings (SSSR count). The third-order valence-electron chi connectivity index (χ3n) is 5.11. The zero-order chi connectivity index (χ0) is 21.1. The van der Waals surface area contributed by atoms with Gasteiger partial charge in [0.2, 0.25) is 0 Å². The molecule has 7 heteroatoms. The number of ether oxygens (including phenoxy) is 1. The van der Waals surface area contributed by atoms with E-state index in [4.69, 9.17) is 33.3 Å². The van der Waals surface area contributed by atoms with E-state index in [-0.39, 0.29) is 5.16 Å². The molecule has 156 valence electrons. The van der Waals surface area contributed by atoms with Crippen LogP contribution in [0.1, 0.15) is 26.3 Å². The zero-order valence-electron chi connectivity index (χ0n) is 17.5.